The second-order valence-electron chi connectivity index (χ2n) is 6.06. The average molecular weight is 401 g/mol. The molecule has 6 nitrogen and oxygen atoms in total. The van der Waals surface area contributed by atoms with E-state index in [0.29, 0.717) is 12.2 Å². The molecule has 1 N–H and O–H groups in total. The minimum atomic E-state index is -0.677. The number of carbonyl (C=O) groups excluding carboxylic acids is 3. The van der Waals surface area contributed by atoms with Gasteiger partial charge in [0.25, 0.3) is 5.91 Å². The van der Waals surface area contributed by atoms with Crippen molar-refractivity contribution >= 4 is 29.4 Å². The topological polar surface area (TPSA) is 81.7 Å². The zero-order chi connectivity index (χ0) is 20.5. The van der Waals surface area contributed by atoms with Crippen molar-refractivity contribution in [2.24, 2.45) is 0 Å². The van der Waals surface area contributed by atoms with Crippen molar-refractivity contribution in [3.05, 3.63) is 59.7 Å². The second-order valence-corrected chi connectivity index (χ2v) is 6.94. The zero-order valence-electron chi connectivity index (χ0n) is 16.1. The third-order valence-corrected chi connectivity index (χ3v) is 4.80. The fraction of sp³-hybridized carbons (Fsp3) is 0.286. The van der Waals surface area contributed by atoms with E-state index in [0.717, 1.165) is 10.5 Å². The van der Waals surface area contributed by atoms with Gasteiger partial charge >= 0.3 is 5.97 Å². The molecular formula is C21H23NO5S. The van der Waals surface area contributed by atoms with Gasteiger partial charge in [0.2, 0.25) is 0 Å². The normalized spacial score (nSPS) is 11.4. The first-order valence-corrected chi connectivity index (χ1v) is 9.90. The van der Waals surface area contributed by atoms with Crippen LogP contribution >= 0.6 is 11.8 Å². The van der Waals surface area contributed by atoms with Gasteiger partial charge in [-0.3, -0.25) is 9.59 Å². The average Bonchev–Trinajstić information content (AvgIpc) is 2.71. The molecule has 1 atom stereocenters. The summed E-state index contributed by atoms with van der Waals surface area (Å²) in [6.07, 6.45) is 2.29. The number of Topliss-reactive ketones (excluding diaryl/α,β-unsaturated/α-hetero) is 1. The number of amides is 1. The lowest BCUT2D eigenvalue weighted by Gasteiger charge is -2.16. The monoisotopic (exact) mass is 401 g/mol. The van der Waals surface area contributed by atoms with Gasteiger partial charge in [-0.1, -0.05) is 30.3 Å². The summed E-state index contributed by atoms with van der Waals surface area (Å²) >= 11 is 1.52. The van der Waals surface area contributed by atoms with E-state index in [2.05, 4.69) is 5.32 Å². The van der Waals surface area contributed by atoms with Gasteiger partial charge < -0.3 is 14.8 Å². The van der Waals surface area contributed by atoms with Gasteiger partial charge in [-0.2, -0.15) is 0 Å². The molecule has 0 aromatic heterocycles. The molecule has 28 heavy (non-hydrogen) atoms. The number of ether oxygens (including phenoxy) is 2. The highest BCUT2D eigenvalue weighted by Gasteiger charge is 2.20. The number of methoxy groups -OCH3 is 1. The van der Waals surface area contributed by atoms with Crippen molar-refractivity contribution in [3.8, 4) is 5.75 Å². The third-order valence-electron chi connectivity index (χ3n) is 4.07. The molecule has 2 aromatic carbocycles. The van der Waals surface area contributed by atoms with Gasteiger partial charge in [-0.15, -0.1) is 11.8 Å². The van der Waals surface area contributed by atoms with Gasteiger partial charge in [-0.05, 0) is 43.4 Å². The predicted molar refractivity (Wildman–Crippen MR) is 108 cm³/mol. The van der Waals surface area contributed by atoms with Crippen LogP contribution in [0.4, 0.5) is 0 Å². The highest BCUT2D eigenvalue weighted by molar-refractivity contribution is 7.98. The summed E-state index contributed by atoms with van der Waals surface area (Å²) in [5.41, 5.74) is 1.17. The fourth-order valence-corrected chi connectivity index (χ4v) is 2.99. The van der Waals surface area contributed by atoms with Crippen molar-refractivity contribution in [2.75, 3.05) is 20.0 Å². The van der Waals surface area contributed by atoms with E-state index >= 15 is 0 Å². The number of benzene rings is 2. The first kappa shape index (κ1) is 21.5. The quantitative estimate of drug-likeness (QED) is 0.514. The molecule has 0 fully saturated rings. The van der Waals surface area contributed by atoms with Crippen LogP contribution in [0.1, 0.15) is 22.8 Å². The van der Waals surface area contributed by atoms with E-state index in [1.807, 2.05) is 36.6 Å². The summed E-state index contributed by atoms with van der Waals surface area (Å²) in [5.74, 6) is -0.993. The number of rotatable bonds is 9. The Labute approximate surface area is 168 Å². The number of ketones is 1. The maximum atomic E-state index is 12.3. The molecule has 1 amide bonds. The van der Waals surface area contributed by atoms with Crippen LogP contribution in [0.3, 0.4) is 0 Å². The highest BCUT2D eigenvalue weighted by atomic mass is 32.2. The molecule has 0 saturated carbocycles. The van der Waals surface area contributed by atoms with Crippen molar-refractivity contribution in [1.82, 2.24) is 5.32 Å². The van der Waals surface area contributed by atoms with E-state index < -0.39 is 24.5 Å². The first-order valence-electron chi connectivity index (χ1n) is 8.67. The van der Waals surface area contributed by atoms with E-state index in [1.165, 1.54) is 25.8 Å². The van der Waals surface area contributed by atoms with Crippen LogP contribution < -0.4 is 10.1 Å². The Hall–Kier alpha value is -2.80. The number of thioether (sulfide) groups is 1. The molecule has 0 bridgehead atoms. The van der Waals surface area contributed by atoms with Crippen molar-refractivity contribution < 1.29 is 23.9 Å². The van der Waals surface area contributed by atoms with Crippen LogP contribution in [0, 0.1) is 0 Å². The molecule has 0 unspecified atom stereocenters. The number of hydrogen-bond acceptors (Lipinski definition) is 6. The maximum Gasteiger partial charge on any atom is 0.342 e. The Morgan fingerprint density at radius 2 is 1.82 bits per heavy atom. The van der Waals surface area contributed by atoms with E-state index in [1.54, 1.807) is 18.2 Å². The minimum Gasteiger partial charge on any atom is -0.496 e. The summed E-state index contributed by atoms with van der Waals surface area (Å²) in [7, 11) is 1.46. The van der Waals surface area contributed by atoms with Gasteiger partial charge in [0.05, 0.1) is 13.2 Å². The van der Waals surface area contributed by atoms with Crippen molar-refractivity contribution in [1.29, 1.82) is 0 Å². The Bertz CT molecular complexity index is 838. The van der Waals surface area contributed by atoms with Gasteiger partial charge in [0, 0.05) is 4.90 Å². The molecule has 0 spiro atoms. The van der Waals surface area contributed by atoms with E-state index in [9.17, 15) is 14.4 Å². The van der Waals surface area contributed by atoms with Crippen LogP contribution in [0.25, 0.3) is 0 Å². The summed E-state index contributed by atoms with van der Waals surface area (Å²) in [6.45, 7) is 0.933. The first-order chi connectivity index (χ1) is 13.4. The lowest BCUT2D eigenvalue weighted by molar-refractivity contribution is -0.128. The van der Waals surface area contributed by atoms with Crippen molar-refractivity contribution in [3.63, 3.8) is 0 Å². The lowest BCUT2D eigenvalue weighted by atomic mass is 10.0. The molecule has 0 aliphatic heterocycles. The van der Waals surface area contributed by atoms with E-state index in [-0.39, 0.29) is 11.3 Å². The summed E-state index contributed by atoms with van der Waals surface area (Å²) in [4.78, 5) is 37.2. The summed E-state index contributed by atoms with van der Waals surface area (Å²) in [5, 5.41) is 2.62. The molecule has 0 radical (unpaired) electrons. The number of nitrogens with one attached hydrogen (secondary N) is 1. The Morgan fingerprint density at radius 1 is 1.11 bits per heavy atom. The summed E-state index contributed by atoms with van der Waals surface area (Å²) in [6, 6.07) is 13.8. The Balaban J connectivity index is 1.95. The smallest absolute Gasteiger partial charge is 0.342 e. The maximum absolute atomic E-state index is 12.3. The van der Waals surface area contributed by atoms with E-state index in [4.69, 9.17) is 9.47 Å². The second kappa shape index (κ2) is 10.5. The van der Waals surface area contributed by atoms with Gasteiger partial charge in [-0.25, -0.2) is 4.79 Å². The molecule has 2 rings (SSSR count). The zero-order valence-corrected chi connectivity index (χ0v) is 16.9. The Morgan fingerprint density at radius 3 is 2.43 bits per heavy atom. The van der Waals surface area contributed by atoms with Crippen LogP contribution in [-0.2, 0) is 20.7 Å². The lowest BCUT2D eigenvalue weighted by Crippen LogP contribution is -2.43. The molecule has 7 heteroatoms. The predicted octanol–water partition coefficient (Wildman–Crippen LogP) is 2.89. The van der Waals surface area contributed by atoms with Gasteiger partial charge in [0.15, 0.2) is 12.4 Å². The largest absolute Gasteiger partial charge is 0.496 e. The standard InChI is InChI=1S/C21H23NO5S/c1-14(23)18(11-15-7-5-4-6-8-15)22-20(24)13-27-21(25)17-10-9-16(28-3)12-19(17)26-2/h4-10,12,18H,11,13H2,1-3H3,(H,22,24)/t18-/m0/s1. The van der Waals surface area contributed by atoms with Crippen LogP contribution in [0.2, 0.25) is 0 Å². The minimum absolute atomic E-state index is 0.169. The Kier molecular flexibility index (Phi) is 8.07. The number of hydrogen-bond donors (Lipinski definition) is 1. The summed E-state index contributed by atoms with van der Waals surface area (Å²) < 4.78 is 10.3. The molecular weight excluding hydrogens is 378 g/mol. The molecule has 2 aromatic rings. The fourth-order valence-electron chi connectivity index (χ4n) is 2.56. The van der Waals surface area contributed by atoms with Crippen LogP contribution in [0.15, 0.2) is 53.4 Å². The number of esters is 1. The van der Waals surface area contributed by atoms with Crippen molar-refractivity contribution in [2.45, 2.75) is 24.3 Å². The number of carbonyl (C=O) groups is 3. The molecule has 0 aliphatic rings. The van der Waals surface area contributed by atoms with Gasteiger partial charge in [0.1, 0.15) is 11.3 Å². The third kappa shape index (κ3) is 6.13. The van der Waals surface area contributed by atoms with Crippen LogP contribution in [0.5, 0.6) is 5.75 Å². The highest BCUT2D eigenvalue weighted by Crippen LogP contribution is 2.25. The SMILES string of the molecule is COc1cc(SC)ccc1C(=O)OCC(=O)N[C@@H](Cc1ccccc1)C(C)=O. The molecule has 0 saturated heterocycles. The molecule has 0 aliphatic carbocycles. The molecule has 0 heterocycles. The molecule has 148 valence electrons. The van der Waals surface area contributed by atoms with Crippen LogP contribution in [-0.4, -0.2) is 43.7 Å².